The molecule has 2 aromatic heterocycles. The van der Waals surface area contributed by atoms with E-state index in [0.29, 0.717) is 19.0 Å². The molecule has 8 nitrogen and oxygen atoms in total. The number of nitrogens with zero attached hydrogens (tertiary/aromatic N) is 5. The first kappa shape index (κ1) is 19.7. The van der Waals surface area contributed by atoms with Gasteiger partial charge in [0.1, 0.15) is 0 Å². The van der Waals surface area contributed by atoms with Gasteiger partial charge in [0.2, 0.25) is 0 Å². The topological polar surface area (TPSA) is 95.5 Å². The molecule has 0 unspecified atom stereocenters. The Balaban J connectivity index is 0.00000210. The fraction of sp³-hybridized carbons (Fsp3) is 0.353. The number of imidazole rings is 1. The maximum Gasteiger partial charge on any atom is 0.326 e. The monoisotopic (exact) mass is 499 g/mol. The van der Waals surface area contributed by atoms with Crippen LogP contribution < -0.4 is 16.3 Å². The van der Waals surface area contributed by atoms with Gasteiger partial charge in [-0.25, -0.2) is 9.78 Å². The van der Waals surface area contributed by atoms with Gasteiger partial charge in [-0.05, 0) is 12.1 Å². The number of benzene rings is 1. The molecule has 3 aromatic rings. The van der Waals surface area contributed by atoms with E-state index in [9.17, 15) is 4.79 Å². The Morgan fingerprint density at radius 1 is 1.26 bits per heavy atom. The van der Waals surface area contributed by atoms with Crippen LogP contribution in [0.2, 0.25) is 0 Å². The van der Waals surface area contributed by atoms with Crippen LogP contribution in [0.3, 0.4) is 0 Å². The molecular formula is C17H22IN7OS. The Labute approximate surface area is 177 Å². The maximum atomic E-state index is 12.1. The number of hydrogen-bond donors (Lipinski definition) is 2. The van der Waals surface area contributed by atoms with Crippen molar-refractivity contribution in [3.8, 4) is 0 Å². The second-order valence-electron chi connectivity index (χ2n) is 6.13. The van der Waals surface area contributed by atoms with Crippen LogP contribution in [-0.4, -0.2) is 58.1 Å². The summed E-state index contributed by atoms with van der Waals surface area (Å²) in [5, 5.41) is 3.04. The number of para-hydroxylation sites is 2. The number of aromatic nitrogens is 3. The van der Waals surface area contributed by atoms with E-state index in [1.54, 1.807) is 15.9 Å². The van der Waals surface area contributed by atoms with Crippen LogP contribution in [0.15, 0.2) is 45.6 Å². The fourth-order valence-corrected chi connectivity index (χ4v) is 3.89. The largest absolute Gasteiger partial charge is 0.370 e. The number of nitrogens with one attached hydrogen (secondary N) is 1. The van der Waals surface area contributed by atoms with Gasteiger partial charge < -0.3 is 20.5 Å². The number of anilines is 1. The van der Waals surface area contributed by atoms with Crippen molar-refractivity contribution in [1.82, 2.24) is 19.4 Å². The molecule has 0 atom stereocenters. The van der Waals surface area contributed by atoms with E-state index in [2.05, 4.69) is 24.8 Å². The maximum absolute atomic E-state index is 12.1. The summed E-state index contributed by atoms with van der Waals surface area (Å²) in [6, 6.07) is 7.65. The zero-order chi connectivity index (χ0) is 17.9. The third-order valence-corrected chi connectivity index (χ3v) is 5.40. The summed E-state index contributed by atoms with van der Waals surface area (Å²) >= 11 is 1.65. The van der Waals surface area contributed by atoms with Crippen molar-refractivity contribution < 1.29 is 0 Å². The molecule has 1 aromatic carbocycles. The number of H-pyrrole nitrogens is 1. The first-order chi connectivity index (χ1) is 12.7. The molecule has 0 saturated carbocycles. The third kappa shape index (κ3) is 4.26. The summed E-state index contributed by atoms with van der Waals surface area (Å²) in [4.78, 5) is 28.1. The summed E-state index contributed by atoms with van der Waals surface area (Å²) in [6.07, 6.45) is 1.83. The Kier molecular flexibility index (Phi) is 6.37. The molecule has 1 fully saturated rings. The first-order valence-electron chi connectivity index (χ1n) is 8.59. The Morgan fingerprint density at radius 2 is 2.04 bits per heavy atom. The van der Waals surface area contributed by atoms with Gasteiger partial charge in [-0.2, -0.15) is 0 Å². The van der Waals surface area contributed by atoms with Gasteiger partial charge >= 0.3 is 5.69 Å². The Hall–Kier alpha value is -2.08. The Morgan fingerprint density at radius 3 is 2.78 bits per heavy atom. The van der Waals surface area contributed by atoms with E-state index in [-0.39, 0.29) is 29.7 Å². The highest BCUT2D eigenvalue weighted by atomic mass is 127. The number of aromatic amines is 1. The molecule has 0 bridgehead atoms. The first-order valence-corrected chi connectivity index (χ1v) is 9.47. The minimum Gasteiger partial charge on any atom is -0.370 e. The van der Waals surface area contributed by atoms with E-state index >= 15 is 0 Å². The van der Waals surface area contributed by atoms with Crippen molar-refractivity contribution >= 4 is 57.4 Å². The van der Waals surface area contributed by atoms with Crippen molar-refractivity contribution in [1.29, 1.82) is 0 Å². The number of thiazole rings is 1. The molecule has 4 rings (SSSR count). The van der Waals surface area contributed by atoms with E-state index in [1.165, 1.54) is 0 Å². The minimum absolute atomic E-state index is 0. The highest BCUT2D eigenvalue weighted by Gasteiger charge is 2.19. The SMILES string of the molecule is I.NC(=NCCn1c(=O)[nH]c2ccccc21)N1CCN(c2nccs2)CC1. The fourth-order valence-electron chi connectivity index (χ4n) is 3.19. The lowest BCUT2D eigenvalue weighted by molar-refractivity contribution is 0.380. The predicted octanol–water partition coefficient (Wildman–Crippen LogP) is 1.54. The molecule has 27 heavy (non-hydrogen) atoms. The number of guanidine groups is 1. The second-order valence-corrected chi connectivity index (χ2v) is 7.00. The van der Waals surface area contributed by atoms with Gasteiger partial charge in [-0.15, -0.1) is 35.3 Å². The van der Waals surface area contributed by atoms with Gasteiger partial charge in [0, 0.05) is 44.3 Å². The van der Waals surface area contributed by atoms with Gasteiger partial charge in [0.15, 0.2) is 11.1 Å². The van der Waals surface area contributed by atoms with Crippen LogP contribution in [-0.2, 0) is 6.54 Å². The molecule has 0 radical (unpaired) electrons. The van der Waals surface area contributed by atoms with Crippen LogP contribution in [0, 0.1) is 0 Å². The number of halogens is 1. The minimum atomic E-state index is -0.114. The highest BCUT2D eigenvalue weighted by molar-refractivity contribution is 14.0. The van der Waals surface area contributed by atoms with Crippen LogP contribution in [0.25, 0.3) is 11.0 Å². The summed E-state index contributed by atoms with van der Waals surface area (Å²) in [7, 11) is 0. The molecule has 1 saturated heterocycles. The predicted molar refractivity (Wildman–Crippen MR) is 120 cm³/mol. The molecule has 0 amide bonds. The molecule has 0 spiro atoms. The Bertz CT molecular complexity index is 957. The second kappa shape index (κ2) is 8.74. The van der Waals surface area contributed by atoms with Crippen LogP contribution in [0.5, 0.6) is 0 Å². The van der Waals surface area contributed by atoms with Gasteiger partial charge in [-0.3, -0.25) is 9.56 Å². The van der Waals surface area contributed by atoms with E-state index in [1.807, 2.05) is 35.8 Å². The molecule has 3 heterocycles. The molecule has 0 aliphatic carbocycles. The van der Waals surface area contributed by atoms with Crippen LogP contribution in [0.4, 0.5) is 5.13 Å². The van der Waals surface area contributed by atoms with Crippen molar-refractivity contribution in [2.24, 2.45) is 10.7 Å². The normalized spacial score (nSPS) is 15.2. The molecule has 3 N–H and O–H groups in total. The number of aliphatic imine (C=N–C) groups is 1. The molecule has 1 aliphatic heterocycles. The van der Waals surface area contributed by atoms with Gasteiger partial charge in [-0.1, -0.05) is 12.1 Å². The van der Waals surface area contributed by atoms with Gasteiger partial charge in [0.25, 0.3) is 0 Å². The van der Waals surface area contributed by atoms with E-state index in [0.717, 1.165) is 42.3 Å². The van der Waals surface area contributed by atoms with Crippen molar-refractivity contribution in [3.63, 3.8) is 0 Å². The zero-order valence-electron chi connectivity index (χ0n) is 14.7. The lowest BCUT2D eigenvalue weighted by Crippen LogP contribution is -2.51. The number of nitrogens with two attached hydrogens (primary N) is 1. The molecular weight excluding hydrogens is 477 g/mol. The lowest BCUT2D eigenvalue weighted by Gasteiger charge is -2.35. The number of hydrogen-bond acceptors (Lipinski definition) is 5. The highest BCUT2D eigenvalue weighted by Crippen LogP contribution is 2.18. The molecule has 10 heteroatoms. The lowest BCUT2D eigenvalue weighted by atomic mass is 10.3. The van der Waals surface area contributed by atoms with Crippen LogP contribution >= 0.6 is 35.3 Å². The number of rotatable bonds is 4. The van der Waals surface area contributed by atoms with E-state index < -0.39 is 0 Å². The summed E-state index contributed by atoms with van der Waals surface area (Å²) in [6.45, 7) is 4.38. The summed E-state index contributed by atoms with van der Waals surface area (Å²) < 4.78 is 1.70. The smallest absolute Gasteiger partial charge is 0.326 e. The van der Waals surface area contributed by atoms with Crippen molar-refractivity contribution in [2.45, 2.75) is 6.54 Å². The molecule has 144 valence electrons. The quantitative estimate of drug-likeness (QED) is 0.323. The summed E-state index contributed by atoms with van der Waals surface area (Å²) in [5.41, 5.74) is 7.77. The average Bonchev–Trinajstić information content (AvgIpc) is 3.30. The number of piperazine rings is 1. The van der Waals surface area contributed by atoms with Crippen LogP contribution in [0.1, 0.15) is 0 Å². The van der Waals surface area contributed by atoms with Crippen molar-refractivity contribution in [2.75, 3.05) is 37.6 Å². The summed E-state index contributed by atoms with van der Waals surface area (Å²) in [5.74, 6) is 0.539. The van der Waals surface area contributed by atoms with Crippen molar-refractivity contribution in [3.05, 3.63) is 46.3 Å². The third-order valence-electron chi connectivity index (χ3n) is 4.57. The standard InChI is InChI=1S/C17H21N7OS.HI/c18-15(22-8-10-23(11-9-22)17-20-6-12-26-17)19-5-7-24-14-4-2-1-3-13(14)21-16(24)25;/h1-4,6,12H,5,7-11H2,(H2,18,19)(H,21,25);1H. The zero-order valence-corrected chi connectivity index (χ0v) is 17.9. The van der Waals surface area contributed by atoms with Gasteiger partial charge in [0.05, 0.1) is 17.6 Å². The molecule has 1 aliphatic rings. The van der Waals surface area contributed by atoms with E-state index in [4.69, 9.17) is 5.73 Å². The average molecular weight is 499 g/mol. The number of fused-ring (bicyclic) bond motifs is 1.